The minimum atomic E-state index is -0.733. The molecule has 4 rings (SSSR count). The monoisotopic (exact) mass is 534 g/mol. The van der Waals surface area contributed by atoms with Gasteiger partial charge in [-0.1, -0.05) is 26.2 Å². The van der Waals surface area contributed by atoms with Gasteiger partial charge in [0, 0.05) is 23.6 Å². The molecule has 2 heterocycles. The van der Waals surface area contributed by atoms with Crippen molar-refractivity contribution in [1.29, 1.82) is 5.41 Å². The van der Waals surface area contributed by atoms with Crippen molar-refractivity contribution in [2.24, 2.45) is 5.92 Å². The van der Waals surface area contributed by atoms with Crippen molar-refractivity contribution in [3.05, 3.63) is 53.4 Å². The van der Waals surface area contributed by atoms with Gasteiger partial charge in [-0.05, 0) is 76.8 Å². The fraction of sp³-hybridized carbons (Fsp3) is 0.500. The topological polar surface area (TPSA) is 113 Å². The molecular weight excluding hydrogens is 495 g/mol. The molecule has 9 heteroatoms. The standard InChI is InChI=1S/C30H39FN6O2/c1-6-22(27(32)29(38)28(20-10-8-7-9-11-20)36-30(39)18(3)33-5)24-15-26(35-19(4)34-24)37-16-17(2)23-14-21(31)12-13-25(23)37/h12-16,18,20,22,28,32-33H,6-11H2,1-5H3,(H,36,39). The first kappa shape index (κ1) is 28.5. The number of carbonyl (C=O) groups is 2. The number of fused-ring (bicyclic) bond motifs is 1. The Morgan fingerprint density at radius 3 is 2.54 bits per heavy atom. The van der Waals surface area contributed by atoms with E-state index in [1.165, 1.54) is 12.1 Å². The molecule has 0 radical (unpaired) electrons. The molecule has 0 saturated heterocycles. The van der Waals surface area contributed by atoms with Crippen molar-refractivity contribution in [2.75, 3.05) is 7.05 Å². The summed E-state index contributed by atoms with van der Waals surface area (Å²) in [7, 11) is 1.71. The van der Waals surface area contributed by atoms with E-state index in [9.17, 15) is 14.0 Å². The second-order valence-electron chi connectivity index (χ2n) is 10.7. The molecule has 0 aliphatic heterocycles. The fourth-order valence-corrected chi connectivity index (χ4v) is 5.61. The van der Waals surface area contributed by atoms with Gasteiger partial charge in [0.15, 0.2) is 5.78 Å². The first-order valence-corrected chi connectivity index (χ1v) is 13.9. The largest absolute Gasteiger partial charge is 0.344 e. The number of halogens is 1. The number of benzene rings is 1. The minimum Gasteiger partial charge on any atom is -0.344 e. The molecule has 8 nitrogen and oxygen atoms in total. The summed E-state index contributed by atoms with van der Waals surface area (Å²) < 4.78 is 15.8. The molecule has 1 aliphatic carbocycles. The lowest BCUT2D eigenvalue weighted by Crippen LogP contribution is -2.53. The highest BCUT2D eigenvalue weighted by Crippen LogP contribution is 2.30. The number of aryl methyl sites for hydroxylation is 2. The van der Waals surface area contributed by atoms with Crippen molar-refractivity contribution < 1.29 is 14.0 Å². The van der Waals surface area contributed by atoms with Gasteiger partial charge in [0.05, 0.1) is 29.0 Å². The highest BCUT2D eigenvalue weighted by atomic mass is 19.1. The quantitative estimate of drug-likeness (QED) is 0.319. The number of Topliss-reactive ketones (excluding diaryl/α,β-unsaturated/α-hetero) is 1. The lowest BCUT2D eigenvalue weighted by Gasteiger charge is -2.31. The van der Waals surface area contributed by atoms with E-state index in [4.69, 9.17) is 5.41 Å². The van der Waals surface area contributed by atoms with E-state index >= 15 is 0 Å². The van der Waals surface area contributed by atoms with Crippen LogP contribution in [0.25, 0.3) is 16.7 Å². The summed E-state index contributed by atoms with van der Waals surface area (Å²) in [5.74, 6) is -0.319. The van der Waals surface area contributed by atoms with Crippen LogP contribution in [0.4, 0.5) is 4.39 Å². The van der Waals surface area contributed by atoms with Crippen LogP contribution in [0.15, 0.2) is 30.5 Å². The number of hydrogen-bond acceptors (Lipinski definition) is 6. The zero-order chi connectivity index (χ0) is 28.3. The smallest absolute Gasteiger partial charge is 0.237 e. The molecule has 3 unspecified atom stereocenters. The van der Waals surface area contributed by atoms with Crippen molar-refractivity contribution in [3.8, 4) is 5.82 Å². The second-order valence-corrected chi connectivity index (χ2v) is 10.7. The van der Waals surface area contributed by atoms with Gasteiger partial charge < -0.3 is 20.6 Å². The van der Waals surface area contributed by atoms with E-state index in [2.05, 4.69) is 20.6 Å². The van der Waals surface area contributed by atoms with Gasteiger partial charge in [0.25, 0.3) is 0 Å². The molecule has 1 aromatic carbocycles. The third-order valence-electron chi connectivity index (χ3n) is 7.96. The van der Waals surface area contributed by atoms with Crippen LogP contribution in [-0.4, -0.2) is 51.1 Å². The zero-order valence-electron chi connectivity index (χ0n) is 23.5. The van der Waals surface area contributed by atoms with Gasteiger partial charge in [0.2, 0.25) is 5.91 Å². The number of nitrogens with zero attached hydrogens (tertiary/aromatic N) is 3. The Morgan fingerprint density at radius 2 is 1.87 bits per heavy atom. The maximum atomic E-state index is 13.9. The van der Waals surface area contributed by atoms with E-state index < -0.39 is 18.0 Å². The molecule has 3 aromatic rings. The Labute approximate surface area is 229 Å². The molecule has 3 atom stereocenters. The van der Waals surface area contributed by atoms with Gasteiger partial charge in [-0.25, -0.2) is 14.4 Å². The van der Waals surface area contributed by atoms with Crippen molar-refractivity contribution in [1.82, 2.24) is 25.2 Å². The summed E-state index contributed by atoms with van der Waals surface area (Å²) in [5, 5.41) is 15.7. The predicted octanol–water partition coefficient (Wildman–Crippen LogP) is 4.93. The number of likely N-dealkylation sites (N-methyl/N-ethyl adjacent to an activating group) is 1. The SMILES string of the molecule is CCC(C(=N)C(=O)C(NC(=O)C(C)NC)C1CCCCC1)c1cc(-n2cc(C)c3cc(F)ccc32)nc(C)n1. The van der Waals surface area contributed by atoms with Crippen LogP contribution in [0.1, 0.15) is 75.4 Å². The molecule has 1 saturated carbocycles. The first-order valence-electron chi connectivity index (χ1n) is 13.9. The Hall–Kier alpha value is -3.46. The molecular formula is C30H39FN6O2. The average molecular weight is 535 g/mol. The molecule has 208 valence electrons. The Kier molecular flexibility index (Phi) is 8.90. The van der Waals surface area contributed by atoms with Crippen molar-refractivity contribution >= 4 is 28.3 Å². The molecule has 1 fully saturated rings. The lowest BCUT2D eigenvalue weighted by molar-refractivity contribution is -0.127. The third-order valence-corrected chi connectivity index (χ3v) is 7.96. The summed E-state index contributed by atoms with van der Waals surface area (Å²) in [4.78, 5) is 35.9. The zero-order valence-corrected chi connectivity index (χ0v) is 23.5. The molecule has 1 amide bonds. The summed E-state index contributed by atoms with van der Waals surface area (Å²) in [6.07, 6.45) is 7.26. The van der Waals surface area contributed by atoms with Crippen molar-refractivity contribution in [2.45, 2.75) is 84.2 Å². The predicted molar refractivity (Wildman–Crippen MR) is 151 cm³/mol. The highest BCUT2D eigenvalue weighted by Gasteiger charge is 2.36. The summed E-state index contributed by atoms with van der Waals surface area (Å²) in [5.41, 5.74) is 2.26. The Morgan fingerprint density at radius 1 is 1.15 bits per heavy atom. The number of carbonyl (C=O) groups excluding carboxylic acids is 2. The number of hydrogen-bond donors (Lipinski definition) is 3. The van der Waals surface area contributed by atoms with Crippen LogP contribution >= 0.6 is 0 Å². The second kappa shape index (κ2) is 12.2. The molecule has 2 aromatic heterocycles. The minimum absolute atomic E-state index is 0.00872. The summed E-state index contributed by atoms with van der Waals surface area (Å²) in [6, 6.07) is 5.28. The number of nitrogens with one attached hydrogen (secondary N) is 3. The van der Waals surface area contributed by atoms with Crippen molar-refractivity contribution in [3.63, 3.8) is 0 Å². The van der Waals surface area contributed by atoms with Gasteiger partial charge >= 0.3 is 0 Å². The summed E-state index contributed by atoms with van der Waals surface area (Å²) in [6.45, 7) is 7.39. The number of rotatable bonds is 10. The Bertz CT molecular complexity index is 1380. The van der Waals surface area contributed by atoms with E-state index in [-0.39, 0.29) is 29.1 Å². The summed E-state index contributed by atoms with van der Waals surface area (Å²) >= 11 is 0. The van der Waals surface area contributed by atoms with E-state index in [0.29, 0.717) is 23.8 Å². The first-order chi connectivity index (χ1) is 18.6. The normalized spacial score (nSPS) is 16.6. The molecule has 39 heavy (non-hydrogen) atoms. The molecule has 1 aliphatic rings. The highest BCUT2D eigenvalue weighted by molar-refractivity contribution is 6.42. The average Bonchev–Trinajstić information content (AvgIpc) is 3.26. The third kappa shape index (κ3) is 6.08. The fourth-order valence-electron chi connectivity index (χ4n) is 5.61. The number of aromatic nitrogens is 3. The maximum absolute atomic E-state index is 13.9. The maximum Gasteiger partial charge on any atom is 0.237 e. The van der Waals surface area contributed by atoms with E-state index in [0.717, 1.165) is 48.6 Å². The van der Waals surface area contributed by atoms with Crippen LogP contribution < -0.4 is 10.6 Å². The van der Waals surface area contributed by atoms with Crippen LogP contribution in [0.2, 0.25) is 0 Å². The van der Waals surface area contributed by atoms with E-state index in [1.807, 2.05) is 30.7 Å². The van der Waals surface area contributed by atoms with E-state index in [1.54, 1.807) is 27.0 Å². The lowest BCUT2D eigenvalue weighted by atomic mass is 9.79. The van der Waals surface area contributed by atoms with Crippen LogP contribution in [-0.2, 0) is 9.59 Å². The van der Waals surface area contributed by atoms with Gasteiger partial charge in [-0.15, -0.1) is 0 Å². The molecule has 0 bridgehead atoms. The van der Waals surface area contributed by atoms with Gasteiger partial charge in [-0.3, -0.25) is 9.59 Å². The number of ketones is 1. The van der Waals surface area contributed by atoms with Gasteiger partial charge in [-0.2, -0.15) is 0 Å². The van der Waals surface area contributed by atoms with Crippen LogP contribution in [0.5, 0.6) is 0 Å². The molecule has 3 N–H and O–H groups in total. The number of amides is 1. The molecule has 0 spiro atoms. The Balaban J connectivity index is 1.68. The van der Waals surface area contributed by atoms with Crippen LogP contribution in [0, 0.1) is 31.0 Å². The van der Waals surface area contributed by atoms with Gasteiger partial charge in [0.1, 0.15) is 17.5 Å². The van der Waals surface area contributed by atoms with Crippen LogP contribution in [0.3, 0.4) is 0 Å².